The van der Waals surface area contributed by atoms with Crippen molar-refractivity contribution < 1.29 is 9.32 Å². The quantitative estimate of drug-likeness (QED) is 0.876. The fraction of sp³-hybridized carbons (Fsp3) is 0.412. The molecule has 1 aromatic carbocycles. The molecule has 2 aromatic rings. The van der Waals surface area contributed by atoms with Crippen LogP contribution in [0.15, 0.2) is 34.9 Å². The van der Waals surface area contributed by atoms with Gasteiger partial charge in [-0.05, 0) is 30.9 Å². The first kappa shape index (κ1) is 15.9. The Labute approximate surface area is 140 Å². The maximum atomic E-state index is 12.6. The number of urea groups is 1. The maximum Gasteiger partial charge on any atom is 0.322 e. The minimum atomic E-state index is -0.164. The summed E-state index contributed by atoms with van der Waals surface area (Å²) in [5, 5.41) is 7.50. The van der Waals surface area contributed by atoms with Crippen molar-refractivity contribution in [1.29, 1.82) is 0 Å². The summed E-state index contributed by atoms with van der Waals surface area (Å²) in [4.78, 5) is 14.4. The van der Waals surface area contributed by atoms with Crippen LogP contribution in [-0.4, -0.2) is 22.6 Å². The molecule has 23 heavy (non-hydrogen) atoms. The summed E-state index contributed by atoms with van der Waals surface area (Å²) in [5.41, 5.74) is 1.53. The van der Waals surface area contributed by atoms with Crippen molar-refractivity contribution in [3.63, 3.8) is 0 Å². The standard InChI is InChI=1S/C17H20ClN3O2/c1-11(2)14-10-16(23-20-14)15-8-5-9-21(15)17(22)19-13-7-4-3-6-12(13)18/h3-4,6-7,10-11,15H,5,8-9H2,1-2H3,(H,19,22)/t15-/m1/s1. The predicted octanol–water partition coefficient (Wildman–Crippen LogP) is 4.82. The Balaban J connectivity index is 1.75. The number of benzene rings is 1. The molecule has 2 amide bonds. The zero-order valence-corrected chi connectivity index (χ0v) is 14.0. The van der Waals surface area contributed by atoms with Crippen LogP contribution in [0.5, 0.6) is 0 Å². The number of aromatic nitrogens is 1. The van der Waals surface area contributed by atoms with Crippen molar-refractivity contribution in [3.05, 3.63) is 46.8 Å². The van der Waals surface area contributed by atoms with E-state index in [4.69, 9.17) is 16.1 Å². The summed E-state index contributed by atoms with van der Waals surface area (Å²) in [6, 6.07) is 8.94. The molecule has 122 valence electrons. The van der Waals surface area contributed by atoms with Gasteiger partial charge in [-0.25, -0.2) is 4.79 Å². The lowest BCUT2D eigenvalue weighted by molar-refractivity contribution is 0.195. The molecule has 2 heterocycles. The Morgan fingerprint density at radius 3 is 2.91 bits per heavy atom. The minimum absolute atomic E-state index is 0.0718. The molecular weight excluding hydrogens is 314 g/mol. The Hall–Kier alpha value is -2.01. The monoisotopic (exact) mass is 333 g/mol. The van der Waals surface area contributed by atoms with E-state index in [-0.39, 0.29) is 12.1 Å². The fourth-order valence-electron chi connectivity index (χ4n) is 2.79. The molecule has 0 spiro atoms. The number of hydrogen-bond acceptors (Lipinski definition) is 3. The van der Waals surface area contributed by atoms with E-state index in [1.165, 1.54) is 0 Å². The molecule has 1 N–H and O–H groups in total. The number of hydrogen-bond donors (Lipinski definition) is 1. The second kappa shape index (κ2) is 6.62. The number of anilines is 1. The van der Waals surface area contributed by atoms with Crippen LogP contribution in [0.4, 0.5) is 10.5 Å². The second-order valence-electron chi connectivity index (χ2n) is 6.07. The van der Waals surface area contributed by atoms with Gasteiger partial charge < -0.3 is 14.7 Å². The topological polar surface area (TPSA) is 58.4 Å². The summed E-state index contributed by atoms with van der Waals surface area (Å²) < 4.78 is 5.47. The van der Waals surface area contributed by atoms with Crippen LogP contribution in [0.3, 0.4) is 0 Å². The molecule has 0 bridgehead atoms. The van der Waals surface area contributed by atoms with Crippen LogP contribution in [0.1, 0.15) is 50.1 Å². The number of rotatable bonds is 3. The van der Waals surface area contributed by atoms with E-state index in [1.54, 1.807) is 17.0 Å². The number of amides is 2. The van der Waals surface area contributed by atoms with E-state index < -0.39 is 0 Å². The van der Waals surface area contributed by atoms with Crippen molar-refractivity contribution in [3.8, 4) is 0 Å². The molecule has 3 rings (SSSR count). The lowest BCUT2D eigenvalue weighted by atomic mass is 10.1. The van der Waals surface area contributed by atoms with Gasteiger partial charge in [-0.2, -0.15) is 0 Å². The highest BCUT2D eigenvalue weighted by atomic mass is 35.5. The lowest BCUT2D eigenvalue weighted by Crippen LogP contribution is -2.34. The fourth-order valence-corrected chi connectivity index (χ4v) is 2.97. The summed E-state index contributed by atoms with van der Waals surface area (Å²) in [6.07, 6.45) is 1.82. The van der Waals surface area contributed by atoms with Crippen molar-refractivity contribution >= 4 is 23.3 Å². The van der Waals surface area contributed by atoms with Gasteiger partial charge in [-0.1, -0.05) is 42.7 Å². The van der Waals surface area contributed by atoms with E-state index in [0.717, 1.165) is 24.3 Å². The van der Waals surface area contributed by atoms with Gasteiger partial charge in [-0.15, -0.1) is 0 Å². The van der Waals surface area contributed by atoms with Gasteiger partial charge in [-0.3, -0.25) is 0 Å². The molecule has 1 aliphatic rings. The smallest absolute Gasteiger partial charge is 0.322 e. The largest absolute Gasteiger partial charge is 0.359 e. The SMILES string of the molecule is CC(C)c1cc([C@H]2CCCN2C(=O)Nc2ccccc2Cl)on1. The average molecular weight is 334 g/mol. The summed E-state index contributed by atoms with van der Waals surface area (Å²) in [6.45, 7) is 4.83. The first-order valence-electron chi connectivity index (χ1n) is 7.85. The molecule has 0 saturated carbocycles. The third kappa shape index (κ3) is 3.34. The van der Waals surface area contributed by atoms with Gasteiger partial charge in [0.25, 0.3) is 0 Å². The molecule has 5 nitrogen and oxygen atoms in total. The van der Waals surface area contributed by atoms with Crippen molar-refractivity contribution in [2.24, 2.45) is 0 Å². The first-order valence-corrected chi connectivity index (χ1v) is 8.22. The number of nitrogens with zero attached hydrogens (tertiary/aromatic N) is 2. The van der Waals surface area contributed by atoms with Gasteiger partial charge in [0.2, 0.25) is 0 Å². The third-order valence-electron chi connectivity index (χ3n) is 4.10. The molecule has 6 heteroatoms. The lowest BCUT2D eigenvalue weighted by Gasteiger charge is -2.23. The summed E-state index contributed by atoms with van der Waals surface area (Å²) >= 11 is 6.10. The molecule has 1 fully saturated rings. The van der Waals surface area contributed by atoms with E-state index in [9.17, 15) is 4.79 Å². The number of halogens is 1. The summed E-state index contributed by atoms with van der Waals surface area (Å²) in [7, 11) is 0. The number of likely N-dealkylation sites (tertiary alicyclic amines) is 1. The van der Waals surface area contributed by atoms with E-state index in [2.05, 4.69) is 24.3 Å². The molecular formula is C17H20ClN3O2. The van der Waals surface area contributed by atoms with Crippen molar-refractivity contribution in [2.75, 3.05) is 11.9 Å². The number of carbonyl (C=O) groups excluding carboxylic acids is 1. The van der Waals surface area contributed by atoms with Gasteiger partial charge in [0.1, 0.15) is 0 Å². The van der Waals surface area contributed by atoms with Crippen LogP contribution in [0, 0.1) is 0 Å². The Morgan fingerprint density at radius 2 is 2.22 bits per heavy atom. The minimum Gasteiger partial charge on any atom is -0.359 e. The van der Waals surface area contributed by atoms with E-state index >= 15 is 0 Å². The second-order valence-corrected chi connectivity index (χ2v) is 6.48. The Kier molecular flexibility index (Phi) is 4.57. The molecule has 1 aromatic heterocycles. The number of para-hydroxylation sites is 1. The normalized spacial score (nSPS) is 17.7. The molecule has 1 saturated heterocycles. The predicted molar refractivity (Wildman–Crippen MR) is 89.7 cm³/mol. The molecule has 1 aliphatic heterocycles. The summed E-state index contributed by atoms with van der Waals surface area (Å²) in [5.74, 6) is 1.06. The van der Waals surface area contributed by atoms with Crippen molar-refractivity contribution in [1.82, 2.24) is 10.1 Å². The maximum absolute atomic E-state index is 12.6. The molecule has 0 aliphatic carbocycles. The van der Waals surface area contributed by atoms with Gasteiger partial charge in [0.05, 0.1) is 22.4 Å². The third-order valence-corrected chi connectivity index (χ3v) is 4.43. The Morgan fingerprint density at radius 1 is 1.43 bits per heavy atom. The molecule has 0 radical (unpaired) electrons. The van der Waals surface area contributed by atoms with Gasteiger partial charge in [0, 0.05) is 12.6 Å². The van der Waals surface area contributed by atoms with Gasteiger partial charge in [0.15, 0.2) is 5.76 Å². The zero-order valence-electron chi connectivity index (χ0n) is 13.3. The highest BCUT2D eigenvalue weighted by Gasteiger charge is 2.33. The van der Waals surface area contributed by atoms with Crippen molar-refractivity contribution in [2.45, 2.75) is 38.6 Å². The molecule has 1 atom stereocenters. The number of carbonyl (C=O) groups is 1. The van der Waals surface area contributed by atoms with Crippen LogP contribution in [0.2, 0.25) is 5.02 Å². The zero-order chi connectivity index (χ0) is 16.4. The first-order chi connectivity index (χ1) is 11.1. The van der Waals surface area contributed by atoms with E-state index in [1.807, 2.05) is 18.2 Å². The highest BCUT2D eigenvalue weighted by Crippen LogP contribution is 2.34. The van der Waals surface area contributed by atoms with Crippen LogP contribution in [0.25, 0.3) is 0 Å². The Bertz CT molecular complexity index is 699. The van der Waals surface area contributed by atoms with Crippen LogP contribution >= 0.6 is 11.6 Å². The van der Waals surface area contributed by atoms with Crippen LogP contribution < -0.4 is 5.32 Å². The highest BCUT2D eigenvalue weighted by molar-refractivity contribution is 6.33. The van der Waals surface area contributed by atoms with Gasteiger partial charge >= 0.3 is 6.03 Å². The van der Waals surface area contributed by atoms with E-state index in [0.29, 0.717) is 23.2 Å². The molecule has 0 unspecified atom stereocenters. The number of nitrogens with one attached hydrogen (secondary N) is 1. The van der Waals surface area contributed by atoms with Crippen LogP contribution in [-0.2, 0) is 0 Å². The average Bonchev–Trinajstić information content (AvgIpc) is 3.17.